The van der Waals surface area contributed by atoms with E-state index in [-0.39, 0.29) is 0 Å². The van der Waals surface area contributed by atoms with Crippen molar-refractivity contribution in [2.24, 2.45) is 0 Å². The number of halogens is 1. The molecule has 0 saturated heterocycles. The highest BCUT2D eigenvalue weighted by Crippen LogP contribution is 2.18. The van der Waals surface area contributed by atoms with Crippen LogP contribution in [0.4, 0.5) is 0 Å². The second kappa shape index (κ2) is 3.78. The molecule has 0 N–H and O–H groups in total. The smallest absolute Gasteiger partial charge is 0.116 e. The van der Waals surface area contributed by atoms with Crippen molar-refractivity contribution in [1.29, 1.82) is 0 Å². The van der Waals surface area contributed by atoms with Gasteiger partial charge in [0, 0.05) is 12.4 Å². The number of hydrogen-bond donors (Lipinski definition) is 0. The maximum atomic E-state index is 4.21. The molecular formula is C9H6IN3. The van der Waals surface area contributed by atoms with Crippen molar-refractivity contribution in [3.05, 3.63) is 40.5 Å². The Morgan fingerprint density at radius 2 is 2.08 bits per heavy atom. The molecule has 0 aliphatic carbocycles. The molecule has 0 spiro atoms. The van der Waals surface area contributed by atoms with E-state index >= 15 is 0 Å². The van der Waals surface area contributed by atoms with E-state index in [0.29, 0.717) is 0 Å². The predicted molar refractivity (Wildman–Crippen MR) is 58.0 cm³/mol. The molecule has 4 heteroatoms. The van der Waals surface area contributed by atoms with Crippen molar-refractivity contribution in [2.75, 3.05) is 0 Å². The first-order valence-corrected chi connectivity index (χ1v) is 4.83. The fourth-order valence-electron chi connectivity index (χ4n) is 1.00. The van der Waals surface area contributed by atoms with E-state index in [1.165, 1.54) is 6.33 Å². The molecule has 2 rings (SSSR count). The molecule has 0 fully saturated rings. The number of nitrogens with zero attached hydrogens (tertiary/aromatic N) is 3. The lowest BCUT2D eigenvalue weighted by atomic mass is 10.3. The van der Waals surface area contributed by atoms with Crippen molar-refractivity contribution in [1.82, 2.24) is 15.0 Å². The van der Waals surface area contributed by atoms with Gasteiger partial charge in [0.05, 0.1) is 9.26 Å². The Kier molecular flexibility index (Phi) is 2.49. The summed E-state index contributed by atoms with van der Waals surface area (Å²) in [5.74, 6) is 0. The highest BCUT2D eigenvalue weighted by Gasteiger charge is 2.03. The van der Waals surface area contributed by atoms with Crippen LogP contribution in [-0.4, -0.2) is 15.0 Å². The number of hydrogen-bond acceptors (Lipinski definition) is 3. The lowest BCUT2D eigenvalue weighted by molar-refractivity contribution is 1.14. The van der Waals surface area contributed by atoms with Crippen LogP contribution >= 0.6 is 22.6 Å². The Morgan fingerprint density at radius 3 is 2.77 bits per heavy atom. The fraction of sp³-hybridized carbons (Fsp3) is 0. The van der Waals surface area contributed by atoms with Gasteiger partial charge in [0.15, 0.2) is 0 Å². The van der Waals surface area contributed by atoms with Crippen molar-refractivity contribution in [3.8, 4) is 11.4 Å². The Hall–Kier alpha value is -1.04. The van der Waals surface area contributed by atoms with Gasteiger partial charge in [-0.25, -0.2) is 9.97 Å². The van der Waals surface area contributed by atoms with E-state index in [4.69, 9.17) is 0 Å². The SMILES string of the molecule is Ic1cncnc1-c1ccccn1. The normalized spacial score (nSPS) is 9.92. The highest BCUT2D eigenvalue weighted by molar-refractivity contribution is 14.1. The lowest BCUT2D eigenvalue weighted by Crippen LogP contribution is -1.90. The molecule has 64 valence electrons. The molecule has 0 aromatic carbocycles. The minimum Gasteiger partial charge on any atom is -0.255 e. The third-order valence-electron chi connectivity index (χ3n) is 1.58. The van der Waals surface area contributed by atoms with Crippen LogP contribution in [0.25, 0.3) is 11.4 Å². The van der Waals surface area contributed by atoms with Crippen LogP contribution in [0.1, 0.15) is 0 Å². The Labute approximate surface area is 89.4 Å². The second-order valence-corrected chi connectivity index (χ2v) is 3.60. The summed E-state index contributed by atoms with van der Waals surface area (Å²) in [6, 6.07) is 5.77. The van der Waals surface area contributed by atoms with Crippen LogP contribution in [0.2, 0.25) is 0 Å². The molecule has 13 heavy (non-hydrogen) atoms. The molecule has 0 unspecified atom stereocenters. The van der Waals surface area contributed by atoms with Gasteiger partial charge in [-0.1, -0.05) is 6.07 Å². The summed E-state index contributed by atoms with van der Waals surface area (Å²) < 4.78 is 1.01. The first kappa shape index (κ1) is 8.55. The molecule has 0 bridgehead atoms. The minimum atomic E-state index is 0.884. The highest BCUT2D eigenvalue weighted by atomic mass is 127. The third kappa shape index (κ3) is 1.82. The van der Waals surface area contributed by atoms with E-state index in [1.54, 1.807) is 12.4 Å². The van der Waals surface area contributed by atoms with Gasteiger partial charge in [0.2, 0.25) is 0 Å². The topological polar surface area (TPSA) is 38.7 Å². The molecule has 2 aromatic heterocycles. The fourth-order valence-corrected chi connectivity index (χ4v) is 1.58. The largest absolute Gasteiger partial charge is 0.255 e. The minimum absolute atomic E-state index is 0.884. The first-order valence-electron chi connectivity index (χ1n) is 3.75. The molecule has 2 aromatic rings. The molecule has 3 nitrogen and oxygen atoms in total. The number of aromatic nitrogens is 3. The Balaban J connectivity index is 2.54. The monoisotopic (exact) mass is 283 g/mol. The summed E-state index contributed by atoms with van der Waals surface area (Å²) in [5.41, 5.74) is 1.77. The van der Waals surface area contributed by atoms with Crippen LogP contribution in [0, 0.1) is 3.57 Å². The second-order valence-electron chi connectivity index (χ2n) is 2.43. The summed E-state index contributed by atoms with van der Waals surface area (Å²) in [6.07, 6.45) is 5.07. The van der Waals surface area contributed by atoms with Crippen molar-refractivity contribution in [2.45, 2.75) is 0 Å². The third-order valence-corrected chi connectivity index (χ3v) is 2.36. The Morgan fingerprint density at radius 1 is 1.15 bits per heavy atom. The maximum absolute atomic E-state index is 4.21. The van der Waals surface area contributed by atoms with Gasteiger partial charge in [-0.3, -0.25) is 4.98 Å². The molecule has 0 amide bonds. The summed E-state index contributed by atoms with van der Waals surface area (Å²) in [5, 5.41) is 0. The van der Waals surface area contributed by atoms with Crippen molar-refractivity contribution >= 4 is 22.6 Å². The van der Waals surface area contributed by atoms with E-state index in [2.05, 4.69) is 37.5 Å². The van der Waals surface area contributed by atoms with Crippen molar-refractivity contribution in [3.63, 3.8) is 0 Å². The molecule has 0 aliphatic heterocycles. The maximum Gasteiger partial charge on any atom is 0.116 e. The molecule has 0 radical (unpaired) electrons. The van der Waals surface area contributed by atoms with Gasteiger partial charge < -0.3 is 0 Å². The number of pyridine rings is 1. The van der Waals surface area contributed by atoms with Crippen molar-refractivity contribution < 1.29 is 0 Å². The first-order chi connectivity index (χ1) is 6.38. The lowest BCUT2D eigenvalue weighted by Gasteiger charge is -1.99. The van der Waals surface area contributed by atoms with Crippen LogP contribution < -0.4 is 0 Å². The van der Waals surface area contributed by atoms with Gasteiger partial charge >= 0.3 is 0 Å². The van der Waals surface area contributed by atoms with E-state index in [1.807, 2.05) is 18.2 Å². The summed E-state index contributed by atoms with van der Waals surface area (Å²) in [7, 11) is 0. The summed E-state index contributed by atoms with van der Waals surface area (Å²) >= 11 is 2.20. The zero-order valence-electron chi connectivity index (χ0n) is 6.68. The predicted octanol–water partition coefficient (Wildman–Crippen LogP) is 2.14. The molecule has 0 aliphatic rings. The van der Waals surface area contributed by atoms with E-state index < -0.39 is 0 Å². The molecule has 0 saturated carbocycles. The van der Waals surface area contributed by atoms with Crippen LogP contribution in [-0.2, 0) is 0 Å². The van der Waals surface area contributed by atoms with E-state index in [9.17, 15) is 0 Å². The van der Waals surface area contributed by atoms with Gasteiger partial charge in [0.1, 0.15) is 12.0 Å². The summed E-state index contributed by atoms with van der Waals surface area (Å²) in [6.45, 7) is 0. The summed E-state index contributed by atoms with van der Waals surface area (Å²) in [4.78, 5) is 12.3. The number of rotatable bonds is 1. The quantitative estimate of drug-likeness (QED) is 0.753. The molecule has 2 heterocycles. The zero-order chi connectivity index (χ0) is 9.10. The van der Waals surface area contributed by atoms with Gasteiger partial charge in [-0.15, -0.1) is 0 Å². The van der Waals surface area contributed by atoms with Gasteiger partial charge in [-0.05, 0) is 34.7 Å². The van der Waals surface area contributed by atoms with Crippen LogP contribution in [0.15, 0.2) is 36.9 Å². The van der Waals surface area contributed by atoms with Gasteiger partial charge in [0.25, 0.3) is 0 Å². The van der Waals surface area contributed by atoms with E-state index in [0.717, 1.165) is 15.0 Å². The van der Waals surface area contributed by atoms with Crippen LogP contribution in [0.3, 0.4) is 0 Å². The average Bonchev–Trinajstić information content (AvgIpc) is 2.20. The standard InChI is InChI=1S/C9H6IN3/c10-7-5-11-6-13-9(7)8-3-1-2-4-12-8/h1-6H. The average molecular weight is 283 g/mol. The Bertz CT molecular complexity index is 403. The zero-order valence-corrected chi connectivity index (χ0v) is 8.84. The van der Waals surface area contributed by atoms with Crippen LogP contribution in [0.5, 0.6) is 0 Å². The van der Waals surface area contributed by atoms with Gasteiger partial charge in [-0.2, -0.15) is 0 Å². The molecular weight excluding hydrogens is 277 g/mol. The molecule has 0 atom stereocenters.